The lowest BCUT2D eigenvalue weighted by molar-refractivity contribution is 0.500. The van der Waals surface area contributed by atoms with Crippen LogP contribution in [0.4, 0.5) is 8.78 Å². The van der Waals surface area contributed by atoms with Crippen LogP contribution in [0, 0.1) is 18.6 Å². The molecule has 1 unspecified atom stereocenters. The lowest BCUT2D eigenvalue weighted by atomic mass is 10.1. The van der Waals surface area contributed by atoms with Crippen LogP contribution in [0.2, 0.25) is 0 Å². The van der Waals surface area contributed by atoms with Gasteiger partial charge in [-0.3, -0.25) is 0 Å². The van der Waals surface area contributed by atoms with Crippen molar-refractivity contribution in [3.63, 3.8) is 0 Å². The third-order valence-corrected chi connectivity index (χ3v) is 3.52. The Bertz CT molecular complexity index is 540. The third-order valence-electron chi connectivity index (χ3n) is 2.70. The molecule has 1 aromatic carbocycles. The van der Waals surface area contributed by atoms with Crippen molar-refractivity contribution in [2.45, 2.75) is 26.4 Å². The van der Waals surface area contributed by atoms with Crippen molar-refractivity contribution < 1.29 is 8.78 Å². The van der Waals surface area contributed by atoms with Crippen LogP contribution in [0.5, 0.6) is 0 Å². The van der Waals surface area contributed by atoms with Gasteiger partial charge >= 0.3 is 0 Å². The highest BCUT2D eigenvalue weighted by Crippen LogP contribution is 2.17. The first-order valence-electron chi connectivity index (χ1n) is 5.65. The number of hydrogen-bond acceptors (Lipinski definition) is 3. The van der Waals surface area contributed by atoms with Gasteiger partial charge in [0.1, 0.15) is 0 Å². The summed E-state index contributed by atoms with van der Waals surface area (Å²) in [5.41, 5.74) is 1.69. The van der Waals surface area contributed by atoms with E-state index in [-0.39, 0.29) is 6.04 Å². The molecule has 1 heterocycles. The predicted molar refractivity (Wildman–Crippen MR) is 68.5 cm³/mol. The minimum atomic E-state index is -0.818. The van der Waals surface area contributed by atoms with Gasteiger partial charge in [-0.2, -0.15) is 0 Å². The predicted octanol–water partition coefficient (Wildman–Crippen LogP) is 3.58. The largest absolute Gasteiger partial charge is 0.305 e. The lowest BCUT2D eigenvalue weighted by Crippen LogP contribution is -2.18. The summed E-state index contributed by atoms with van der Waals surface area (Å²) in [6, 6.07) is 3.90. The highest BCUT2D eigenvalue weighted by atomic mass is 32.1. The maximum Gasteiger partial charge on any atom is 0.159 e. The molecule has 0 bridgehead atoms. The van der Waals surface area contributed by atoms with Crippen molar-refractivity contribution >= 4 is 11.3 Å². The normalized spacial score (nSPS) is 12.7. The van der Waals surface area contributed by atoms with Gasteiger partial charge in [-0.15, -0.1) is 11.3 Å². The number of halogens is 2. The number of aromatic nitrogens is 1. The molecule has 0 amide bonds. The molecule has 0 aliphatic rings. The average Bonchev–Trinajstić information content (AvgIpc) is 2.75. The molecule has 0 spiro atoms. The highest BCUT2D eigenvalue weighted by Gasteiger charge is 2.09. The van der Waals surface area contributed by atoms with Crippen LogP contribution in [0.3, 0.4) is 0 Å². The van der Waals surface area contributed by atoms with Gasteiger partial charge in [-0.05, 0) is 31.5 Å². The Morgan fingerprint density at radius 2 is 2.11 bits per heavy atom. The number of nitrogens with zero attached hydrogens (tertiary/aromatic N) is 1. The van der Waals surface area contributed by atoms with Gasteiger partial charge in [0.2, 0.25) is 0 Å². The van der Waals surface area contributed by atoms with Crippen LogP contribution < -0.4 is 5.32 Å². The molecule has 18 heavy (non-hydrogen) atoms. The zero-order valence-electron chi connectivity index (χ0n) is 10.2. The van der Waals surface area contributed by atoms with E-state index in [1.807, 2.05) is 19.2 Å². The van der Waals surface area contributed by atoms with E-state index in [1.165, 1.54) is 6.07 Å². The molecule has 0 fully saturated rings. The van der Waals surface area contributed by atoms with Gasteiger partial charge in [0.05, 0.1) is 10.7 Å². The van der Waals surface area contributed by atoms with Crippen molar-refractivity contribution in [3.05, 3.63) is 51.5 Å². The molecule has 0 radical (unpaired) electrons. The average molecular weight is 268 g/mol. The molecule has 0 aliphatic heterocycles. The van der Waals surface area contributed by atoms with E-state index in [4.69, 9.17) is 0 Å². The fraction of sp³-hybridized carbons (Fsp3) is 0.308. The fourth-order valence-electron chi connectivity index (χ4n) is 1.65. The molecule has 5 heteroatoms. The zero-order chi connectivity index (χ0) is 13.1. The number of rotatable bonds is 4. The maximum atomic E-state index is 13.1. The highest BCUT2D eigenvalue weighted by molar-refractivity contribution is 7.09. The van der Waals surface area contributed by atoms with E-state index < -0.39 is 11.6 Å². The summed E-state index contributed by atoms with van der Waals surface area (Å²) in [6.45, 7) is 4.48. The summed E-state index contributed by atoms with van der Waals surface area (Å²) in [6.07, 6.45) is 0. The lowest BCUT2D eigenvalue weighted by Gasteiger charge is -2.13. The van der Waals surface area contributed by atoms with Gasteiger partial charge in [0.15, 0.2) is 11.6 Å². The second-order valence-electron chi connectivity index (χ2n) is 4.13. The summed E-state index contributed by atoms with van der Waals surface area (Å²) < 4.78 is 25.9. The monoisotopic (exact) mass is 268 g/mol. The molecule has 0 saturated carbocycles. The Morgan fingerprint density at radius 3 is 2.72 bits per heavy atom. The smallest absolute Gasteiger partial charge is 0.159 e. The van der Waals surface area contributed by atoms with E-state index in [0.29, 0.717) is 6.54 Å². The topological polar surface area (TPSA) is 24.9 Å². The Labute approximate surface area is 109 Å². The van der Waals surface area contributed by atoms with Gasteiger partial charge in [-0.25, -0.2) is 13.8 Å². The fourth-order valence-corrected chi connectivity index (χ4v) is 2.26. The molecular formula is C13H14F2N2S. The van der Waals surface area contributed by atoms with Crippen LogP contribution in [0.15, 0.2) is 23.6 Å². The first kappa shape index (κ1) is 13.1. The summed E-state index contributed by atoms with van der Waals surface area (Å²) >= 11 is 1.60. The Hall–Kier alpha value is -1.33. The number of benzene rings is 1. The minimum Gasteiger partial charge on any atom is -0.305 e. The minimum absolute atomic E-state index is 0.0536. The second-order valence-corrected chi connectivity index (χ2v) is 5.20. The van der Waals surface area contributed by atoms with Crippen molar-refractivity contribution in [2.24, 2.45) is 0 Å². The molecule has 1 N–H and O–H groups in total. The SMILES string of the molecule is Cc1nc(CNC(C)c2ccc(F)c(F)c2)cs1. The van der Waals surface area contributed by atoms with E-state index >= 15 is 0 Å². The van der Waals surface area contributed by atoms with Crippen LogP contribution in [-0.4, -0.2) is 4.98 Å². The molecule has 2 rings (SSSR count). The number of nitrogens with one attached hydrogen (secondary N) is 1. The molecule has 0 aliphatic carbocycles. The summed E-state index contributed by atoms with van der Waals surface area (Å²) in [7, 11) is 0. The second kappa shape index (κ2) is 5.54. The molecule has 2 nitrogen and oxygen atoms in total. The van der Waals surface area contributed by atoms with Crippen LogP contribution in [0.1, 0.15) is 29.2 Å². The molecule has 1 aromatic heterocycles. The first-order chi connectivity index (χ1) is 8.56. The summed E-state index contributed by atoms with van der Waals surface area (Å²) in [5, 5.41) is 6.24. The standard InChI is InChI=1S/C13H14F2N2S/c1-8(10-3-4-12(14)13(15)5-10)16-6-11-7-18-9(2)17-11/h3-5,7-8,16H,6H2,1-2H3. The van der Waals surface area contributed by atoms with Crippen molar-refractivity contribution in [3.8, 4) is 0 Å². The Kier molecular flexibility index (Phi) is 4.04. The van der Waals surface area contributed by atoms with Crippen LogP contribution in [-0.2, 0) is 6.54 Å². The maximum absolute atomic E-state index is 13.1. The Morgan fingerprint density at radius 1 is 1.33 bits per heavy atom. The molecular weight excluding hydrogens is 254 g/mol. The van der Waals surface area contributed by atoms with Gasteiger partial charge < -0.3 is 5.32 Å². The molecule has 1 atom stereocenters. The van der Waals surface area contributed by atoms with Gasteiger partial charge in [0.25, 0.3) is 0 Å². The molecule has 2 aromatic rings. The molecule has 0 saturated heterocycles. The number of hydrogen-bond donors (Lipinski definition) is 1. The van der Waals surface area contributed by atoms with Gasteiger partial charge in [0, 0.05) is 18.0 Å². The van der Waals surface area contributed by atoms with E-state index in [1.54, 1.807) is 17.4 Å². The van der Waals surface area contributed by atoms with Crippen LogP contribution in [0.25, 0.3) is 0 Å². The van der Waals surface area contributed by atoms with Crippen LogP contribution >= 0.6 is 11.3 Å². The van der Waals surface area contributed by atoms with Crippen molar-refractivity contribution in [1.29, 1.82) is 0 Å². The zero-order valence-corrected chi connectivity index (χ0v) is 11.0. The van der Waals surface area contributed by atoms with Crippen molar-refractivity contribution in [1.82, 2.24) is 10.3 Å². The number of thiazole rings is 1. The third kappa shape index (κ3) is 3.11. The summed E-state index contributed by atoms with van der Waals surface area (Å²) in [5.74, 6) is -1.63. The van der Waals surface area contributed by atoms with E-state index in [2.05, 4.69) is 10.3 Å². The summed E-state index contributed by atoms with van der Waals surface area (Å²) in [4.78, 5) is 4.33. The van der Waals surface area contributed by atoms with Gasteiger partial charge in [-0.1, -0.05) is 6.07 Å². The first-order valence-corrected chi connectivity index (χ1v) is 6.53. The van der Waals surface area contributed by atoms with E-state index in [0.717, 1.165) is 22.3 Å². The number of aryl methyl sites for hydroxylation is 1. The Balaban J connectivity index is 1.99. The van der Waals surface area contributed by atoms with Crippen molar-refractivity contribution in [2.75, 3.05) is 0 Å². The van der Waals surface area contributed by atoms with E-state index in [9.17, 15) is 8.78 Å². The quantitative estimate of drug-likeness (QED) is 0.916. The molecule has 96 valence electrons.